The number of hydrogen-bond acceptors (Lipinski definition) is 7. The van der Waals surface area contributed by atoms with Gasteiger partial charge in [-0.3, -0.25) is 4.79 Å². The topological polar surface area (TPSA) is 90.4 Å². The zero-order chi connectivity index (χ0) is 17.0. The Hall–Kier alpha value is -1.91. The molecule has 24 heavy (non-hydrogen) atoms. The summed E-state index contributed by atoms with van der Waals surface area (Å²) < 4.78 is 8.05. The molecule has 0 bridgehead atoms. The molecule has 10 heteroatoms. The van der Waals surface area contributed by atoms with Crippen molar-refractivity contribution in [3.05, 3.63) is 53.6 Å². The number of nitrogens with zero attached hydrogens (tertiary/aromatic N) is 4. The van der Waals surface area contributed by atoms with E-state index in [0.29, 0.717) is 20.0 Å². The first kappa shape index (κ1) is 15.6. The minimum Gasteiger partial charge on any atom is -0.421 e. The van der Waals surface area contributed by atoms with E-state index < -0.39 is 5.63 Å². The van der Waals surface area contributed by atoms with Gasteiger partial charge in [-0.2, -0.15) is 9.61 Å². The number of aromatic nitrogens is 4. The summed E-state index contributed by atoms with van der Waals surface area (Å²) in [4.78, 5) is 24.7. The lowest BCUT2D eigenvalue weighted by Crippen LogP contribution is -2.19. The van der Waals surface area contributed by atoms with Crippen LogP contribution in [0.3, 0.4) is 0 Å². The monoisotopic (exact) mass is 468 g/mol. The molecule has 3 aromatic heterocycles. The first-order chi connectivity index (χ1) is 11.4. The summed E-state index contributed by atoms with van der Waals surface area (Å²) in [6, 6.07) is 5.30. The summed E-state index contributed by atoms with van der Waals surface area (Å²) in [6.45, 7) is 1.56. The third-order valence-electron chi connectivity index (χ3n) is 3.33. The van der Waals surface area contributed by atoms with E-state index in [2.05, 4.69) is 47.2 Å². The Bertz CT molecular complexity index is 1240. The van der Waals surface area contributed by atoms with Crippen molar-refractivity contribution < 1.29 is 4.42 Å². The third kappa shape index (κ3) is 2.41. The minimum absolute atomic E-state index is 0.239. The predicted molar refractivity (Wildman–Crippen MR) is 96.5 cm³/mol. The molecule has 0 aliphatic rings. The molecule has 1 aromatic carbocycles. The van der Waals surface area contributed by atoms with E-state index in [0.717, 1.165) is 25.7 Å². The fraction of sp³-hybridized carbons (Fsp3) is 0.0714. The Balaban J connectivity index is 2.03. The van der Waals surface area contributed by atoms with Crippen molar-refractivity contribution in [3.8, 4) is 10.6 Å². The second-order valence-corrected chi connectivity index (χ2v) is 7.67. The van der Waals surface area contributed by atoms with Crippen LogP contribution in [0, 0.1) is 6.92 Å². The van der Waals surface area contributed by atoms with Crippen molar-refractivity contribution in [1.29, 1.82) is 0 Å². The second-order valence-electron chi connectivity index (χ2n) is 4.95. The first-order valence-electron chi connectivity index (χ1n) is 6.60. The average molecular weight is 470 g/mol. The van der Waals surface area contributed by atoms with Crippen molar-refractivity contribution in [2.24, 2.45) is 0 Å². The highest BCUT2D eigenvalue weighted by Crippen LogP contribution is 2.30. The molecule has 120 valence electrons. The van der Waals surface area contributed by atoms with Crippen LogP contribution in [0.2, 0.25) is 0 Å². The van der Waals surface area contributed by atoms with E-state index in [9.17, 15) is 9.59 Å². The van der Waals surface area contributed by atoms with Crippen molar-refractivity contribution in [2.75, 3.05) is 0 Å². The maximum Gasteiger partial charge on any atom is 0.346 e. The smallest absolute Gasteiger partial charge is 0.346 e. The van der Waals surface area contributed by atoms with Gasteiger partial charge in [-0.05, 0) is 41.1 Å². The number of rotatable bonds is 1. The van der Waals surface area contributed by atoms with E-state index in [1.807, 2.05) is 6.07 Å². The number of fused-ring (bicyclic) bond motifs is 2. The van der Waals surface area contributed by atoms with Crippen LogP contribution in [0.5, 0.6) is 0 Å². The number of aryl methyl sites for hydroxylation is 1. The molecule has 0 unspecified atom stereocenters. The quantitative estimate of drug-likeness (QED) is 0.398. The highest BCUT2D eigenvalue weighted by atomic mass is 79.9. The SMILES string of the molecule is Cc1nnc2sc(-c3cc4cc(Br)cc(Br)c4oc3=O)nn2c1=O. The fourth-order valence-corrected chi connectivity index (χ4v) is 4.39. The van der Waals surface area contributed by atoms with Gasteiger partial charge in [0.1, 0.15) is 5.69 Å². The van der Waals surface area contributed by atoms with Gasteiger partial charge in [0.2, 0.25) is 4.96 Å². The van der Waals surface area contributed by atoms with Crippen LogP contribution in [-0.2, 0) is 0 Å². The molecule has 0 spiro atoms. The van der Waals surface area contributed by atoms with Crippen molar-refractivity contribution in [2.45, 2.75) is 6.92 Å². The maximum atomic E-state index is 12.3. The summed E-state index contributed by atoms with van der Waals surface area (Å²) in [5.41, 5.74) is 0.0455. The Morgan fingerprint density at radius 3 is 2.75 bits per heavy atom. The third-order valence-corrected chi connectivity index (χ3v) is 5.31. The normalized spacial score (nSPS) is 11.5. The van der Waals surface area contributed by atoms with E-state index in [4.69, 9.17) is 4.42 Å². The van der Waals surface area contributed by atoms with Gasteiger partial charge in [-0.15, -0.1) is 10.2 Å². The number of benzene rings is 1. The van der Waals surface area contributed by atoms with Gasteiger partial charge in [0, 0.05) is 9.86 Å². The molecule has 0 saturated heterocycles. The van der Waals surface area contributed by atoms with Gasteiger partial charge in [-0.1, -0.05) is 27.3 Å². The minimum atomic E-state index is -0.540. The van der Waals surface area contributed by atoms with Crippen LogP contribution in [0.25, 0.3) is 26.5 Å². The van der Waals surface area contributed by atoms with Crippen molar-refractivity contribution in [1.82, 2.24) is 19.8 Å². The molecule has 0 N–H and O–H groups in total. The molecule has 0 radical (unpaired) electrons. The lowest BCUT2D eigenvalue weighted by atomic mass is 10.2. The molecular formula is C14H6Br2N4O3S. The Labute approximate surface area is 154 Å². The fourth-order valence-electron chi connectivity index (χ4n) is 2.21. The van der Waals surface area contributed by atoms with Crippen LogP contribution >= 0.6 is 43.2 Å². The molecule has 0 fully saturated rings. The van der Waals surface area contributed by atoms with E-state index >= 15 is 0 Å². The van der Waals surface area contributed by atoms with Gasteiger partial charge < -0.3 is 4.42 Å². The highest BCUT2D eigenvalue weighted by Gasteiger charge is 2.16. The lowest BCUT2D eigenvalue weighted by Gasteiger charge is -2.02. The molecule has 0 aliphatic carbocycles. The lowest BCUT2D eigenvalue weighted by molar-refractivity contribution is 0.561. The Morgan fingerprint density at radius 1 is 1.17 bits per heavy atom. The maximum absolute atomic E-state index is 12.3. The van der Waals surface area contributed by atoms with Gasteiger partial charge in [0.05, 0.1) is 10.0 Å². The largest absolute Gasteiger partial charge is 0.421 e. The molecule has 3 heterocycles. The van der Waals surface area contributed by atoms with Crippen molar-refractivity contribution >= 4 is 59.1 Å². The Morgan fingerprint density at radius 2 is 1.96 bits per heavy atom. The van der Waals surface area contributed by atoms with E-state index in [-0.39, 0.29) is 16.8 Å². The summed E-state index contributed by atoms with van der Waals surface area (Å²) in [7, 11) is 0. The zero-order valence-corrected chi connectivity index (χ0v) is 15.9. The molecule has 4 rings (SSSR count). The van der Waals surface area contributed by atoms with E-state index in [1.165, 1.54) is 0 Å². The molecule has 0 atom stereocenters. The highest BCUT2D eigenvalue weighted by molar-refractivity contribution is 9.11. The van der Waals surface area contributed by atoms with Crippen molar-refractivity contribution in [3.63, 3.8) is 0 Å². The summed E-state index contributed by atoms with van der Waals surface area (Å²) >= 11 is 7.87. The molecule has 0 amide bonds. The van der Waals surface area contributed by atoms with Crippen LogP contribution < -0.4 is 11.2 Å². The standard InChI is InChI=1S/C14H6Br2N4O3S/c1-5-12(21)20-14(18-17-5)24-11(19-20)8-3-6-2-7(15)4-9(16)10(6)23-13(8)22/h2-4H,1H3. The summed E-state index contributed by atoms with van der Waals surface area (Å²) in [6.07, 6.45) is 0. The molecule has 0 aliphatic heterocycles. The van der Waals surface area contributed by atoms with Gasteiger partial charge in [0.15, 0.2) is 10.6 Å². The van der Waals surface area contributed by atoms with Gasteiger partial charge in [-0.25, -0.2) is 4.79 Å². The van der Waals surface area contributed by atoms with Crippen LogP contribution in [0.4, 0.5) is 0 Å². The van der Waals surface area contributed by atoms with E-state index in [1.54, 1.807) is 19.1 Å². The van der Waals surface area contributed by atoms with Crippen LogP contribution in [-0.4, -0.2) is 19.8 Å². The molecule has 7 nitrogen and oxygen atoms in total. The summed E-state index contributed by atoms with van der Waals surface area (Å²) in [5.74, 6) is 0. The Kier molecular flexibility index (Phi) is 3.62. The van der Waals surface area contributed by atoms with Gasteiger partial charge >= 0.3 is 5.63 Å². The van der Waals surface area contributed by atoms with Crippen LogP contribution in [0.15, 0.2) is 41.2 Å². The molecule has 0 saturated carbocycles. The zero-order valence-electron chi connectivity index (χ0n) is 11.9. The summed E-state index contributed by atoms with van der Waals surface area (Å²) in [5, 5.41) is 13.0. The van der Waals surface area contributed by atoms with Crippen LogP contribution in [0.1, 0.15) is 5.69 Å². The first-order valence-corrected chi connectivity index (χ1v) is 9.01. The van der Waals surface area contributed by atoms with Gasteiger partial charge in [0.25, 0.3) is 5.56 Å². The second kappa shape index (κ2) is 5.57. The average Bonchev–Trinajstić information content (AvgIpc) is 2.96. The predicted octanol–water partition coefficient (Wildman–Crippen LogP) is 3.15. The number of hydrogen-bond donors (Lipinski definition) is 0. The number of halogens is 2. The molecular weight excluding hydrogens is 464 g/mol. The molecule has 4 aromatic rings.